The molecule has 0 saturated carbocycles. The molecule has 1 heterocycles. The summed E-state index contributed by atoms with van der Waals surface area (Å²) in [4.78, 5) is 4.15. The lowest BCUT2D eigenvalue weighted by molar-refractivity contribution is 1.18. The first-order chi connectivity index (χ1) is 4.93. The van der Waals surface area contributed by atoms with E-state index in [-0.39, 0.29) is 0 Å². The summed E-state index contributed by atoms with van der Waals surface area (Å²) in [5, 5.41) is 1.83. The van der Waals surface area contributed by atoms with Crippen molar-refractivity contribution < 1.29 is 0 Å². The number of nitrogens with zero attached hydrogens (tertiary/aromatic N) is 1. The molecular weight excluding hydrogens is 142 g/mol. The van der Waals surface area contributed by atoms with E-state index in [2.05, 4.69) is 11.6 Å². The van der Waals surface area contributed by atoms with Gasteiger partial charge in [0, 0.05) is 11.9 Å². The molecule has 0 aromatic carbocycles. The summed E-state index contributed by atoms with van der Waals surface area (Å²) in [7, 11) is 0. The summed E-state index contributed by atoms with van der Waals surface area (Å²) in [6.07, 6.45) is 1.80. The number of hydrogen-bond acceptors (Lipinski definition) is 2. The lowest BCUT2D eigenvalue weighted by Crippen LogP contribution is -1.81. The smallest absolute Gasteiger partial charge is 0.0506 e. The Kier molecular flexibility index (Phi) is 3.03. The molecular formula is C8H9NS. The molecule has 1 aromatic heterocycles. The summed E-state index contributed by atoms with van der Waals surface area (Å²) in [6, 6.07) is 5.92. The van der Waals surface area contributed by atoms with Crippen molar-refractivity contribution in [1.29, 1.82) is 0 Å². The highest BCUT2D eigenvalue weighted by molar-refractivity contribution is 8.01. The van der Waals surface area contributed by atoms with Gasteiger partial charge in [0.15, 0.2) is 0 Å². The Balaban J connectivity index is 2.50. The fourth-order valence-corrected chi connectivity index (χ4v) is 1.09. The van der Waals surface area contributed by atoms with E-state index in [4.69, 9.17) is 0 Å². The maximum atomic E-state index is 4.15. The third-order valence-corrected chi connectivity index (χ3v) is 1.77. The second-order valence-corrected chi connectivity index (χ2v) is 2.75. The van der Waals surface area contributed by atoms with Crippen LogP contribution in [0.3, 0.4) is 0 Å². The largest absolute Gasteiger partial charge is 0.260 e. The molecule has 0 unspecified atom stereocenters. The van der Waals surface area contributed by atoms with E-state index in [1.54, 1.807) is 18.0 Å². The van der Waals surface area contributed by atoms with Crippen LogP contribution in [-0.2, 0) is 5.75 Å². The third-order valence-electron chi connectivity index (χ3n) is 1.08. The van der Waals surface area contributed by atoms with Gasteiger partial charge in [-0.05, 0) is 17.5 Å². The molecule has 0 saturated heterocycles. The summed E-state index contributed by atoms with van der Waals surface area (Å²) in [5.41, 5.74) is 1.10. The zero-order valence-electron chi connectivity index (χ0n) is 5.66. The van der Waals surface area contributed by atoms with Crippen LogP contribution in [0.1, 0.15) is 5.69 Å². The van der Waals surface area contributed by atoms with Crippen LogP contribution in [0.4, 0.5) is 0 Å². The fourth-order valence-electron chi connectivity index (χ4n) is 0.628. The van der Waals surface area contributed by atoms with Crippen molar-refractivity contribution in [3.8, 4) is 0 Å². The zero-order valence-corrected chi connectivity index (χ0v) is 6.47. The Morgan fingerprint density at radius 1 is 1.60 bits per heavy atom. The van der Waals surface area contributed by atoms with Gasteiger partial charge in [-0.1, -0.05) is 12.6 Å². The molecule has 2 heteroatoms. The Labute approximate surface area is 65.2 Å². The van der Waals surface area contributed by atoms with E-state index in [1.807, 2.05) is 23.6 Å². The van der Waals surface area contributed by atoms with Gasteiger partial charge >= 0.3 is 0 Å². The van der Waals surface area contributed by atoms with Gasteiger partial charge in [-0.15, -0.1) is 11.8 Å². The molecule has 0 amide bonds. The van der Waals surface area contributed by atoms with Crippen LogP contribution >= 0.6 is 11.8 Å². The second kappa shape index (κ2) is 4.12. The number of pyridine rings is 1. The van der Waals surface area contributed by atoms with Crippen LogP contribution < -0.4 is 0 Å². The van der Waals surface area contributed by atoms with Gasteiger partial charge in [-0.25, -0.2) is 0 Å². The molecule has 0 radical (unpaired) electrons. The SMILES string of the molecule is C=CSCc1ccccn1. The van der Waals surface area contributed by atoms with Crippen LogP contribution in [0.25, 0.3) is 0 Å². The molecule has 0 bridgehead atoms. The predicted molar refractivity (Wildman–Crippen MR) is 45.7 cm³/mol. The molecule has 1 rings (SSSR count). The minimum absolute atomic E-state index is 0.921. The van der Waals surface area contributed by atoms with E-state index >= 15 is 0 Å². The standard InChI is InChI=1S/C8H9NS/c1-2-10-7-8-5-3-4-6-9-8/h2-6H,1,7H2. The first-order valence-corrected chi connectivity index (χ1v) is 4.11. The van der Waals surface area contributed by atoms with Crippen molar-refractivity contribution in [3.63, 3.8) is 0 Å². The van der Waals surface area contributed by atoms with Gasteiger partial charge in [-0.2, -0.15) is 0 Å². The maximum Gasteiger partial charge on any atom is 0.0506 e. The highest BCUT2D eigenvalue weighted by Crippen LogP contribution is 2.08. The molecule has 0 spiro atoms. The van der Waals surface area contributed by atoms with Crippen molar-refractivity contribution in [2.75, 3.05) is 0 Å². The van der Waals surface area contributed by atoms with Crippen LogP contribution in [0.2, 0.25) is 0 Å². The van der Waals surface area contributed by atoms with Crippen LogP contribution in [-0.4, -0.2) is 4.98 Å². The molecule has 0 aliphatic heterocycles. The first kappa shape index (κ1) is 7.35. The van der Waals surface area contributed by atoms with Crippen LogP contribution in [0.15, 0.2) is 36.4 Å². The second-order valence-electron chi connectivity index (χ2n) is 1.80. The first-order valence-electron chi connectivity index (χ1n) is 3.06. The monoisotopic (exact) mass is 151 g/mol. The van der Waals surface area contributed by atoms with Crippen molar-refractivity contribution in [2.24, 2.45) is 0 Å². The molecule has 10 heavy (non-hydrogen) atoms. The molecule has 0 atom stereocenters. The highest BCUT2D eigenvalue weighted by atomic mass is 32.2. The lowest BCUT2D eigenvalue weighted by Gasteiger charge is -1.93. The van der Waals surface area contributed by atoms with E-state index < -0.39 is 0 Å². The van der Waals surface area contributed by atoms with Gasteiger partial charge in [0.2, 0.25) is 0 Å². The summed E-state index contributed by atoms with van der Waals surface area (Å²) in [5.74, 6) is 0.921. The molecule has 0 aliphatic carbocycles. The van der Waals surface area contributed by atoms with Crippen molar-refractivity contribution >= 4 is 11.8 Å². The van der Waals surface area contributed by atoms with Crippen LogP contribution in [0.5, 0.6) is 0 Å². The number of aromatic nitrogens is 1. The Bertz CT molecular complexity index is 196. The highest BCUT2D eigenvalue weighted by Gasteiger charge is 1.87. The van der Waals surface area contributed by atoms with Gasteiger partial charge in [0.05, 0.1) is 5.69 Å². The lowest BCUT2D eigenvalue weighted by atomic mass is 10.4. The fraction of sp³-hybridized carbons (Fsp3) is 0.125. The van der Waals surface area contributed by atoms with Crippen LogP contribution in [0, 0.1) is 0 Å². The minimum atomic E-state index is 0.921. The van der Waals surface area contributed by atoms with Gasteiger partial charge in [0.1, 0.15) is 0 Å². The summed E-state index contributed by atoms with van der Waals surface area (Å²) < 4.78 is 0. The number of rotatable bonds is 3. The van der Waals surface area contributed by atoms with E-state index in [9.17, 15) is 0 Å². The molecule has 0 aliphatic rings. The molecule has 1 aromatic rings. The average molecular weight is 151 g/mol. The molecule has 0 N–H and O–H groups in total. The maximum absolute atomic E-state index is 4.15. The van der Waals surface area contributed by atoms with Gasteiger partial charge < -0.3 is 0 Å². The summed E-state index contributed by atoms with van der Waals surface area (Å²) in [6.45, 7) is 3.61. The van der Waals surface area contributed by atoms with E-state index in [0.29, 0.717) is 0 Å². The van der Waals surface area contributed by atoms with Crippen molar-refractivity contribution in [3.05, 3.63) is 42.1 Å². The number of hydrogen-bond donors (Lipinski definition) is 0. The number of thioether (sulfide) groups is 1. The predicted octanol–water partition coefficient (Wildman–Crippen LogP) is 2.46. The minimum Gasteiger partial charge on any atom is -0.260 e. The van der Waals surface area contributed by atoms with Gasteiger partial charge in [-0.3, -0.25) is 4.98 Å². The van der Waals surface area contributed by atoms with Crippen molar-refractivity contribution in [2.45, 2.75) is 5.75 Å². The normalized spacial score (nSPS) is 9.20. The van der Waals surface area contributed by atoms with E-state index in [1.165, 1.54) is 0 Å². The topological polar surface area (TPSA) is 12.9 Å². The third kappa shape index (κ3) is 2.23. The Morgan fingerprint density at radius 3 is 3.10 bits per heavy atom. The zero-order chi connectivity index (χ0) is 7.23. The molecule has 1 nitrogen and oxygen atoms in total. The Morgan fingerprint density at radius 2 is 2.50 bits per heavy atom. The summed E-state index contributed by atoms with van der Waals surface area (Å²) >= 11 is 1.66. The average Bonchev–Trinajstić information content (AvgIpc) is 2.03. The Hall–Kier alpha value is -0.760. The van der Waals surface area contributed by atoms with E-state index in [0.717, 1.165) is 11.4 Å². The molecule has 0 fully saturated rings. The quantitative estimate of drug-likeness (QED) is 0.658. The molecule has 52 valence electrons. The van der Waals surface area contributed by atoms with Crippen molar-refractivity contribution in [1.82, 2.24) is 4.98 Å². The van der Waals surface area contributed by atoms with Gasteiger partial charge in [0.25, 0.3) is 0 Å².